The van der Waals surface area contributed by atoms with Crippen LogP contribution in [0.15, 0.2) is 0 Å². The quantitative estimate of drug-likeness (QED) is 0.0215. The summed E-state index contributed by atoms with van der Waals surface area (Å²) in [4.78, 5) is 0. The van der Waals surface area contributed by atoms with Gasteiger partial charge in [0.2, 0.25) is 0 Å². The van der Waals surface area contributed by atoms with E-state index in [0.29, 0.717) is 107 Å². The van der Waals surface area contributed by atoms with Gasteiger partial charge in [0.25, 0.3) is 0 Å². The summed E-state index contributed by atoms with van der Waals surface area (Å²) in [5, 5.41) is 6.21. The lowest BCUT2D eigenvalue weighted by Crippen LogP contribution is -2.42. The van der Waals surface area contributed by atoms with Gasteiger partial charge < -0.3 is 18.9 Å². The van der Waals surface area contributed by atoms with Crippen LogP contribution in [0.25, 0.3) is 0 Å². The van der Waals surface area contributed by atoms with Crippen molar-refractivity contribution in [1.82, 2.24) is 0 Å². The molecule has 0 N–H and O–H groups in total. The third kappa shape index (κ3) is 68.5. The Hall–Kier alpha value is 6.14. The minimum atomic E-state index is -0.295. The Morgan fingerprint density at radius 3 is 0.690 bits per heavy atom. The minimum Gasteiger partial charge on any atom is -0.381 e. The van der Waals surface area contributed by atoms with Crippen LogP contribution in [0.2, 0.25) is 0 Å². The van der Waals surface area contributed by atoms with Gasteiger partial charge >= 0.3 is 0 Å². The summed E-state index contributed by atoms with van der Waals surface area (Å²) in [5.41, 5.74) is 0.839. The van der Waals surface area contributed by atoms with Gasteiger partial charge in [0.15, 0.2) is 0 Å². The van der Waals surface area contributed by atoms with Gasteiger partial charge in [-0.15, -0.1) is 0 Å². The summed E-state index contributed by atoms with van der Waals surface area (Å²) in [6.45, 7) is 38.8. The molecular weight excluding hydrogens is 1580 g/mol. The largest absolute Gasteiger partial charge is 0.381 e. The SMILES string of the molecule is CCCCCCC(CCCSC(C)C(C)S)(CCCSC(C)C(C)S)CCCSC(C)C(C)S.CCCCCCC(CCCSCCS)(CCCSCCS)CCCSCCS.CCOCC(COCCCSC(C)C(C)S)(COCCCSC(C)C(C)S)COCCCSC(C)C(C)S. The van der Waals surface area contributed by atoms with E-state index in [-0.39, 0.29) is 5.41 Å². The average molecular weight is 1740 g/mol. The Morgan fingerprint density at radius 1 is 0.250 bits per heavy atom. The molecule has 0 heterocycles. The minimum absolute atomic E-state index is 0.295. The molecule has 0 amide bonds. The van der Waals surface area contributed by atoms with E-state index in [0.717, 1.165) is 73.6 Å². The number of hydrogen-bond acceptors (Lipinski definition) is 22. The van der Waals surface area contributed by atoms with Gasteiger partial charge in [0.05, 0.1) is 31.8 Å². The van der Waals surface area contributed by atoms with Crippen molar-refractivity contribution in [1.29, 1.82) is 0 Å². The van der Waals surface area contributed by atoms with Gasteiger partial charge in [-0.05, 0) is 196 Å². The molecule has 0 aromatic carbocycles. The molecule has 0 aromatic rings. The molecule has 12 unspecified atom stereocenters. The molecule has 606 valence electrons. The van der Waals surface area contributed by atoms with Crippen LogP contribution in [-0.2, 0) is 18.9 Å². The molecule has 0 aliphatic heterocycles. The van der Waals surface area contributed by atoms with Gasteiger partial charge in [-0.2, -0.15) is 220 Å². The van der Waals surface area contributed by atoms with Crippen LogP contribution in [0.4, 0.5) is 0 Å². The number of thiol groups is 9. The zero-order chi connectivity index (χ0) is 75.6. The molecule has 12 atom stereocenters. The normalized spacial score (nSPS) is 16.9. The van der Waals surface area contributed by atoms with Gasteiger partial charge in [-0.3, -0.25) is 0 Å². The van der Waals surface area contributed by atoms with Crippen LogP contribution in [0.5, 0.6) is 0 Å². The molecule has 0 aliphatic carbocycles. The predicted octanol–water partition coefficient (Wildman–Crippen LogP) is 26.4. The topological polar surface area (TPSA) is 36.9 Å². The van der Waals surface area contributed by atoms with E-state index < -0.39 is 0 Å². The Bertz CT molecular complexity index is 1490. The van der Waals surface area contributed by atoms with Crippen molar-refractivity contribution in [3.05, 3.63) is 0 Å². The fourth-order valence-corrected chi connectivity index (χ4v) is 21.7. The number of unbranched alkanes of at least 4 members (excludes halogenated alkanes) is 6. The first-order valence-electron chi connectivity index (χ1n) is 39.5. The number of hydrogen-bond donors (Lipinski definition) is 9. The first-order chi connectivity index (χ1) is 47.8. The fraction of sp³-hybridized carbons (Fsp3) is 1.00. The standard InChI is InChI=1S/C28H58O4S6.C28H58S6.C22H46S6/c1-8-29-18-28(19-30-12-9-15-36-25(5)22(2)33,20-31-13-10-16-37-26(6)23(3)34)21-32-14-11-17-38-27(7)24(4)35;1-8-9-10-11-15-28(16-12-19-32-25(5)22(2)29,17-13-20-33-26(6)23(3)30)18-14-21-34-27(7)24(4)31;1-2-3-4-5-9-22(10-6-16-26-19-13-23,11-7-17-27-20-14-24)12-8-18-28-21-15-25/h22-27,33-35H,8-21H2,1-7H3;22-27,29-31H,8-21H2,1-7H3;23-25H,2-21H2,1H3. The molecule has 0 rings (SSSR count). The molecule has 0 saturated carbocycles. The maximum Gasteiger partial charge on any atom is 0.0637 e. The third-order valence-corrected chi connectivity index (χ3v) is 36.3. The van der Waals surface area contributed by atoms with Crippen molar-refractivity contribution in [2.75, 3.05) is 139 Å². The molecule has 0 spiro atoms. The zero-order valence-electron chi connectivity index (χ0n) is 66.7. The van der Waals surface area contributed by atoms with Crippen molar-refractivity contribution in [3.8, 4) is 0 Å². The van der Waals surface area contributed by atoms with E-state index in [9.17, 15) is 0 Å². The van der Waals surface area contributed by atoms with E-state index in [2.05, 4.69) is 281 Å². The third-order valence-electron chi connectivity index (χ3n) is 18.9. The highest BCUT2D eigenvalue weighted by Crippen LogP contribution is 2.44. The Kier molecular flexibility index (Phi) is 85.7. The van der Waals surface area contributed by atoms with Crippen molar-refractivity contribution in [2.24, 2.45) is 16.2 Å². The van der Waals surface area contributed by atoms with E-state index in [1.165, 1.54) is 193 Å². The Balaban J connectivity index is -0.00000143. The molecule has 22 heteroatoms. The lowest BCUT2D eigenvalue weighted by atomic mass is 9.72. The molecule has 0 fully saturated rings. The highest BCUT2D eigenvalue weighted by molar-refractivity contribution is 8.02. The summed E-state index contributed by atoms with van der Waals surface area (Å²) < 4.78 is 24.6. The molecular formula is C78H162O4S18. The van der Waals surface area contributed by atoms with Crippen molar-refractivity contribution in [3.63, 3.8) is 0 Å². The lowest BCUT2D eigenvalue weighted by molar-refractivity contribution is -0.105. The van der Waals surface area contributed by atoms with Crippen molar-refractivity contribution < 1.29 is 18.9 Å². The number of thioether (sulfide) groups is 9. The van der Waals surface area contributed by atoms with Gasteiger partial charge in [0.1, 0.15) is 0 Å². The summed E-state index contributed by atoms with van der Waals surface area (Å²) >= 11 is 59.2. The molecule has 4 nitrogen and oxygen atoms in total. The summed E-state index contributed by atoms with van der Waals surface area (Å²) in [7, 11) is 0. The van der Waals surface area contributed by atoms with Crippen LogP contribution in [0.1, 0.15) is 264 Å². The van der Waals surface area contributed by atoms with Crippen molar-refractivity contribution in [2.45, 2.75) is 327 Å². The molecule has 0 aromatic heterocycles. The van der Waals surface area contributed by atoms with E-state index in [1.807, 2.05) is 42.2 Å². The van der Waals surface area contributed by atoms with Crippen LogP contribution in [0.3, 0.4) is 0 Å². The van der Waals surface area contributed by atoms with Crippen LogP contribution >= 0.6 is 220 Å². The Morgan fingerprint density at radius 2 is 0.470 bits per heavy atom. The second kappa shape index (κ2) is 77.7. The fourth-order valence-electron chi connectivity index (χ4n) is 11.2. The predicted molar refractivity (Wildman–Crippen MR) is 519 cm³/mol. The summed E-state index contributed by atoms with van der Waals surface area (Å²) in [6, 6.07) is 0. The maximum absolute atomic E-state index is 6.21. The van der Waals surface area contributed by atoms with Crippen LogP contribution in [-0.4, -0.2) is 202 Å². The second-order valence-corrected chi connectivity index (χ2v) is 47.3. The molecule has 0 aliphatic rings. The number of ether oxygens (including phenoxy) is 4. The molecule has 0 bridgehead atoms. The van der Waals surface area contributed by atoms with Gasteiger partial charge in [0, 0.05) is 107 Å². The van der Waals surface area contributed by atoms with E-state index in [4.69, 9.17) is 18.9 Å². The smallest absolute Gasteiger partial charge is 0.0637 e. The highest BCUT2D eigenvalue weighted by Gasteiger charge is 2.34. The summed E-state index contributed by atoms with van der Waals surface area (Å²) in [6.07, 6.45) is 33.9. The first-order valence-corrected chi connectivity index (χ1v) is 54.2. The average Bonchev–Trinajstić information content (AvgIpc) is 0.885. The van der Waals surface area contributed by atoms with E-state index >= 15 is 0 Å². The maximum atomic E-state index is 6.21. The lowest BCUT2D eigenvalue weighted by Gasteiger charge is -2.35. The van der Waals surface area contributed by atoms with Gasteiger partial charge in [-0.25, -0.2) is 0 Å². The van der Waals surface area contributed by atoms with Crippen LogP contribution < -0.4 is 0 Å². The molecule has 0 radical (unpaired) electrons. The highest BCUT2D eigenvalue weighted by atomic mass is 32.2. The zero-order valence-corrected chi connectivity index (χ0v) is 82.1. The van der Waals surface area contributed by atoms with E-state index in [1.54, 1.807) is 0 Å². The molecule has 0 saturated heterocycles. The number of rotatable bonds is 73. The summed E-state index contributed by atoms with van der Waals surface area (Å²) in [5.74, 6) is 17.7. The molecule has 100 heavy (non-hydrogen) atoms. The first kappa shape index (κ1) is 110. The van der Waals surface area contributed by atoms with Gasteiger partial charge in [-0.1, -0.05) is 148 Å². The Labute approximate surface area is 713 Å². The van der Waals surface area contributed by atoms with Crippen molar-refractivity contribution >= 4 is 220 Å². The monoisotopic (exact) mass is 1740 g/mol. The second-order valence-electron chi connectivity index (χ2n) is 28.5. The van der Waals surface area contributed by atoms with Crippen LogP contribution in [0, 0.1) is 16.2 Å².